The van der Waals surface area contributed by atoms with Crippen LogP contribution in [0.15, 0.2) is 54.6 Å². The summed E-state index contributed by atoms with van der Waals surface area (Å²) < 4.78 is 16.8. The number of thiophene rings is 1. The number of benzene rings is 2. The number of aromatic hydroxyl groups is 2. The van der Waals surface area contributed by atoms with Gasteiger partial charge in [0, 0.05) is 10.4 Å². The lowest BCUT2D eigenvalue weighted by atomic mass is 10.0. The molecule has 0 saturated carbocycles. The third-order valence-corrected chi connectivity index (χ3v) is 7.30. The molecule has 0 bridgehead atoms. The van der Waals surface area contributed by atoms with Gasteiger partial charge in [-0.05, 0) is 43.3 Å². The van der Waals surface area contributed by atoms with Crippen LogP contribution < -0.4 is 0 Å². The van der Waals surface area contributed by atoms with Crippen LogP contribution in [0.5, 0.6) is 11.6 Å². The maximum atomic E-state index is 14.9. The van der Waals surface area contributed by atoms with Crippen molar-refractivity contribution in [1.29, 1.82) is 0 Å². The van der Waals surface area contributed by atoms with E-state index in [2.05, 4.69) is 4.98 Å². The summed E-state index contributed by atoms with van der Waals surface area (Å²) in [5.74, 6) is -2.37. The van der Waals surface area contributed by atoms with Gasteiger partial charge in [0.2, 0.25) is 11.7 Å². The molecule has 0 aliphatic heterocycles. The molecule has 0 saturated heterocycles. The summed E-state index contributed by atoms with van der Waals surface area (Å²) in [5.41, 5.74) is 0.372. The zero-order valence-corrected chi connectivity index (χ0v) is 18.9. The number of ketones is 1. The Bertz CT molecular complexity index is 1520. The van der Waals surface area contributed by atoms with E-state index in [1.165, 1.54) is 45.4 Å². The number of para-hydroxylation sites is 1. The van der Waals surface area contributed by atoms with Crippen LogP contribution in [0.1, 0.15) is 20.1 Å². The molecule has 5 rings (SSSR count). The van der Waals surface area contributed by atoms with Crippen molar-refractivity contribution in [3.63, 3.8) is 0 Å². The number of halogens is 2. The summed E-state index contributed by atoms with van der Waals surface area (Å²) in [7, 11) is 0. The van der Waals surface area contributed by atoms with E-state index in [4.69, 9.17) is 11.6 Å². The van der Waals surface area contributed by atoms with Crippen LogP contribution in [0.2, 0.25) is 5.02 Å². The summed E-state index contributed by atoms with van der Waals surface area (Å²) in [6.07, 6.45) is 0. The molecule has 160 valence electrons. The largest absolute Gasteiger partial charge is 0.503 e. The lowest BCUT2D eigenvalue weighted by Gasteiger charge is -2.10. The van der Waals surface area contributed by atoms with Gasteiger partial charge in [-0.1, -0.05) is 41.1 Å². The number of carbonyl (C=O) groups is 1. The zero-order chi connectivity index (χ0) is 22.6. The molecule has 32 heavy (non-hydrogen) atoms. The van der Waals surface area contributed by atoms with Gasteiger partial charge in [0.1, 0.15) is 11.3 Å². The molecule has 2 aromatic carbocycles. The molecule has 0 aliphatic rings. The summed E-state index contributed by atoms with van der Waals surface area (Å²) in [5, 5.41) is 22.3. The number of rotatable bonds is 4. The van der Waals surface area contributed by atoms with E-state index in [1.807, 2.05) is 13.0 Å². The second-order valence-corrected chi connectivity index (χ2v) is 9.74. The van der Waals surface area contributed by atoms with Crippen LogP contribution in [0, 0.1) is 12.7 Å². The van der Waals surface area contributed by atoms with Crippen LogP contribution in [0.4, 0.5) is 4.39 Å². The van der Waals surface area contributed by atoms with Crippen molar-refractivity contribution in [3.8, 4) is 28.0 Å². The van der Waals surface area contributed by atoms with E-state index >= 15 is 0 Å². The molecule has 5 nitrogen and oxygen atoms in total. The van der Waals surface area contributed by atoms with Gasteiger partial charge in [-0.15, -0.1) is 11.3 Å². The highest BCUT2D eigenvalue weighted by Crippen LogP contribution is 2.46. The third-order valence-electron chi connectivity index (χ3n) is 4.99. The van der Waals surface area contributed by atoms with Crippen molar-refractivity contribution < 1.29 is 19.4 Å². The first-order chi connectivity index (χ1) is 15.4. The monoisotopic (exact) mass is 484 g/mol. The number of aryl methyl sites for hydroxylation is 1. The van der Waals surface area contributed by atoms with Crippen molar-refractivity contribution in [2.45, 2.75) is 6.92 Å². The minimum absolute atomic E-state index is 0.0179. The van der Waals surface area contributed by atoms with Gasteiger partial charge in [-0.25, -0.2) is 9.37 Å². The van der Waals surface area contributed by atoms with Crippen LogP contribution in [0.3, 0.4) is 0 Å². The van der Waals surface area contributed by atoms with Gasteiger partial charge in [-0.2, -0.15) is 0 Å². The van der Waals surface area contributed by atoms with E-state index in [0.717, 1.165) is 9.58 Å². The highest BCUT2D eigenvalue weighted by atomic mass is 35.5. The Hall–Kier alpha value is -3.20. The first kappa shape index (κ1) is 20.7. The van der Waals surface area contributed by atoms with E-state index in [1.54, 1.807) is 30.3 Å². The molecule has 0 amide bonds. The lowest BCUT2D eigenvalue weighted by molar-refractivity contribution is 0.104. The van der Waals surface area contributed by atoms with Gasteiger partial charge in [0.05, 0.1) is 25.9 Å². The molecule has 0 fully saturated rings. The standard InChI is InChI=1S/C23H14ClFN2O3S2/c1-11-9-10-16(31-11)20(28)17-19(12-5-2-3-7-14(12)25)27(22(30)21(17)29)23-26-18-13(24)6-4-8-15(18)32-23/h2-10,29-30H,1H3. The summed E-state index contributed by atoms with van der Waals surface area (Å²) >= 11 is 8.70. The van der Waals surface area contributed by atoms with E-state index in [0.29, 0.717) is 15.4 Å². The summed E-state index contributed by atoms with van der Waals surface area (Å²) in [4.78, 5) is 19.1. The number of carbonyl (C=O) groups excluding carboxylic acids is 1. The maximum absolute atomic E-state index is 14.9. The maximum Gasteiger partial charge on any atom is 0.242 e. The quantitative estimate of drug-likeness (QED) is 0.283. The minimum Gasteiger partial charge on any atom is -0.503 e. The fourth-order valence-corrected chi connectivity index (χ4v) is 5.62. The van der Waals surface area contributed by atoms with Crippen LogP contribution >= 0.6 is 34.3 Å². The first-order valence-corrected chi connectivity index (χ1v) is 11.5. The molecule has 0 spiro atoms. The lowest BCUT2D eigenvalue weighted by Crippen LogP contribution is -2.04. The molecule has 9 heteroatoms. The van der Waals surface area contributed by atoms with Gasteiger partial charge in [0.25, 0.3) is 0 Å². The fraction of sp³-hybridized carbons (Fsp3) is 0.0435. The normalized spacial score (nSPS) is 11.3. The molecule has 3 aromatic heterocycles. The minimum atomic E-state index is -0.635. The number of nitrogens with zero attached hydrogens (tertiary/aromatic N) is 2. The van der Waals surface area contributed by atoms with Gasteiger partial charge < -0.3 is 10.2 Å². The molecule has 3 heterocycles. The Morgan fingerprint density at radius 1 is 1.06 bits per heavy atom. The summed E-state index contributed by atoms with van der Waals surface area (Å²) in [6.45, 7) is 1.85. The molecule has 0 radical (unpaired) electrons. The SMILES string of the molecule is Cc1ccc(C(=O)c2c(O)c(O)n(-c3nc4c(Cl)cccc4s3)c2-c2ccccc2F)s1. The van der Waals surface area contributed by atoms with E-state index < -0.39 is 23.2 Å². The third kappa shape index (κ3) is 3.19. The van der Waals surface area contributed by atoms with Crippen molar-refractivity contribution in [1.82, 2.24) is 9.55 Å². The first-order valence-electron chi connectivity index (χ1n) is 9.45. The highest BCUT2D eigenvalue weighted by Gasteiger charge is 2.32. The average Bonchev–Trinajstić information content (AvgIpc) is 3.46. The molecular weight excluding hydrogens is 471 g/mol. The fourth-order valence-electron chi connectivity index (χ4n) is 3.54. The molecular formula is C23H14ClFN2O3S2. The van der Waals surface area contributed by atoms with E-state index in [9.17, 15) is 19.4 Å². The van der Waals surface area contributed by atoms with Gasteiger partial charge in [0.15, 0.2) is 10.9 Å². The van der Waals surface area contributed by atoms with E-state index in [-0.39, 0.29) is 22.0 Å². The smallest absolute Gasteiger partial charge is 0.242 e. The van der Waals surface area contributed by atoms with Crippen LogP contribution in [-0.2, 0) is 0 Å². The second kappa shape index (κ2) is 7.74. The number of fused-ring (bicyclic) bond motifs is 1. The zero-order valence-electron chi connectivity index (χ0n) is 16.5. The van der Waals surface area contributed by atoms with Gasteiger partial charge >= 0.3 is 0 Å². The highest BCUT2D eigenvalue weighted by molar-refractivity contribution is 7.21. The number of thiazole rings is 1. The Morgan fingerprint density at radius 2 is 1.84 bits per heavy atom. The van der Waals surface area contributed by atoms with Crippen molar-refractivity contribution >= 4 is 50.3 Å². The molecule has 0 unspecified atom stereocenters. The van der Waals surface area contributed by atoms with Gasteiger partial charge in [-0.3, -0.25) is 9.36 Å². The van der Waals surface area contributed by atoms with Crippen LogP contribution in [-0.4, -0.2) is 25.5 Å². The molecule has 5 aromatic rings. The molecule has 0 atom stereocenters. The molecule has 2 N–H and O–H groups in total. The Balaban J connectivity index is 1.85. The average molecular weight is 485 g/mol. The summed E-state index contributed by atoms with van der Waals surface area (Å²) in [6, 6.07) is 14.6. The number of hydrogen-bond donors (Lipinski definition) is 2. The Labute approximate surface area is 194 Å². The number of hydrogen-bond acceptors (Lipinski definition) is 6. The Morgan fingerprint density at radius 3 is 2.53 bits per heavy atom. The van der Waals surface area contributed by atoms with Crippen molar-refractivity contribution in [2.24, 2.45) is 0 Å². The predicted octanol–water partition coefficient (Wildman–Crippen LogP) is 6.56. The van der Waals surface area contributed by atoms with Crippen LogP contribution in [0.25, 0.3) is 26.6 Å². The topological polar surface area (TPSA) is 75.3 Å². The Kier molecular flexibility index (Phi) is 5.00. The predicted molar refractivity (Wildman–Crippen MR) is 125 cm³/mol. The second-order valence-electron chi connectivity index (χ2n) is 7.03. The van der Waals surface area contributed by atoms with Crippen molar-refractivity contribution in [2.75, 3.05) is 0 Å². The molecule has 0 aliphatic carbocycles. The number of aromatic nitrogens is 2. The van der Waals surface area contributed by atoms with Crippen molar-refractivity contribution in [3.05, 3.63) is 80.8 Å².